The lowest BCUT2D eigenvalue weighted by molar-refractivity contribution is -0.00810. The zero-order valence-electron chi connectivity index (χ0n) is 15.1. The quantitative estimate of drug-likeness (QED) is 0.654. The van der Waals surface area contributed by atoms with Crippen molar-refractivity contribution < 1.29 is 4.74 Å². The highest BCUT2D eigenvalue weighted by Crippen LogP contribution is 2.22. The average Bonchev–Trinajstić information content (AvgIpc) is 3.24. The Morgan fingerprint density at radius 2 is 2.33 bits per heavy atom. The third-order valence-electron chi connectivity index (χ3n) is 5.08. The van der Waals surface area contributed by atoms with Crippen molar-refractivity contribution in [1.82, 2.24) is 24.9 Å². The van der Waals surface area contributed by atoms with Crippen molar-refractivity contribution >= 4 is 5.96 Å². The maximum Gasteiger partial charge on any atom is 0.193 e. The van der Waals surface area contributed by atoms with E-state index >= 15 is 0 Å². The summed E-state index contributed by atoms with van der Waals surface area (Å²) >= 11 is 0. The summed E-state index contributed by atoms with van der Waals surface area (Å²) in [5.41, 5.74) is 1.13. The predicted molar refractivity (Wildman–Crippen MR) is 95.1 cm³/mol. The SMILES string of the molecule is CCN1CCCC1CNC(=NC)N1CCOC(c2cnn(C)c2)C1. The van der Waals surface area contributed by atoms with E-state index in [0.29, 0.717) is 12.6 Å². The van der Waals surface area contributed by atoms with E-state index in [2.05, 4.69) is 32.1 Å². The molecule has 2 aliphatic rings. The molecule has 2 atom stereocenters. The molecule has 0 spiro atoms. The Balaban J connectivity index is 1.57. The molecule has 24 heavy (non-hydrogen) atoms. The molecular weight excluding hydrogens is 304 g/mol. The van der Waals surface area contributed by atoms with Crippen LogP contribution in [-0.2, 0) is 11.8 Å². The standard InChI is InChI=1S/C17H30N6O/c1-4-22-7-5-6-15(22)11-19-17(18-2)23-8-9-24-16(13-23)14-10-20-21(3)12-14/h10,12,15-16H,4-9,11,13H2,1-3H3,(H,18,19). The van der Waals surface area contributed by atoms with E-state index in [4.69, 9.17) is 4.74 Å². The molecule has 1 aromatic rings. The molecule has 0 radical (unpaired) electrons. The molecule has 0 aromatic carbocycles. The zero-order valence-corrected chi connectivity index (χ0v) is 15.1. The van der Waals surface area contributed by atoms with Crippen LogP contribution in [0.1, 0.15) is 31.4 Å². The molecule has 2 fully saturated rings. The highest BCUT2D eigenvalue weighted by atomic mass is 16.5. The van der Waals surface area contributed by atoms with Gasteiger partial charge in [-0.15, -0.1) is 0 Å². The van der Waals surface area contributed by atoms with Gasteiger partial charge in [0.15, 0.2) is 5.96 Å². The third kappa shape index (κ3) is 3.89. The molecule has 0 aliphatic carbocycles. The minimum absolute atomic E-state index is 0.0598. The first-order chi connectivity index (χ1) is 11.7. The first-order valence-electron chi connectivity index (χ1n) is 9.01. The van der Waals surface area contributed by atoms with Crippen LogP contribution in [0.15, 0.2) is 17.4 Å². The smallest absolute Gasteiger partial charge is 0.193 e. The minimum Gasteiger partial charge on any atom is -0.370 e. The topological polar surface area (TPSA) is 57.9 Å². The summed E-state index contributed by atoms with van der Waals surface area (Å²) in [5.74, 6) is 0.982. The number of guanidine groups is 1. The Morgan fingerprint density at radius 3 is 3.04 bits per heavy atom. The minimum atomic E-state index is 0.0598. The monoisotopic (exact) mass is 334 g/mol. The molecule has 0 amide bonds. The number of aryl methyl sites for hydroxylation is 1. The maximum atomic E-state index is 5.93. The molecule has 134 valence electrons. The van der Waals surface area contributed by atoms with Gasteiger partial charge < -0.3 is 15.0 Å². The van der Waals surface area contributed by atoms with E-state index in [1.54, 1.807) is 0 Å². The summed E-state index contributed by atoms with van der Waals surface area (Å²) < 4.78 is 7.75. The summed E-state index contributed by atoms with van der Waals surface area (Å²) in [6.07, 6.45) is 6.56. The first-order valence-corrected chi connectivity index (χ1v) is 9.01. The number of likely N-dealkylation sites (N-methyl/N-ethyl adjacent to an activating group) is 1. The van der Waals surface area contributed by atoms with E-state index < -0.39 is 0 Å². The van der Waals surface area contributed by atoms with Crippen LogP contribution < -0.4 is 5.32 Å². The summed E-state index contributed by atoms with van der Waals surface area (Å²) in [7, 11) is 3.80. The van der Waals surface area contributed by atoms with Gasteiger partial charge in [-0.05, 0) is 25.9 Å². The molecule has 1 N–H and O–H groups in total. The van der Waals surface area contributed by atoms with Crippen molar-refractivity contribution in [2.24, 2.45) is 12.0 Å². The predicted octanol–water partition coefficient (Wildman–Crippen LogP) is 0.853. The van der Waals surface area contributed by atoms with E-state index in [0.717, 1.165) is 37.7 Å². The Labute approximate surface area is 144 Å². The van der Waals surface area contributed by atoms with Gasteiger partial charge in [0, 0.05) is 45.0 Å². The second kappa shape index (κ2) is 7.98. The Kier molecular flexibility index (Phi) is 5.73. The zero-order chi connectivity index (χ0) is 16.9. The average molecular weight is 334 g/mol. The van der Waals surface area contributed by atoms with Crippen LogP contribution in [0.25, 0.3) is 0 Å². The second-order valence-corrected chi connectivity index (χ2v) is 6.61. The van der Waals surface area contributed by atoms with Gasteiger partial charge in [-0.2, -0.15) is 5.10 Å². The molecule has 3 heterocycles. The highest BCUT2D eigenvalue weighted by Gasteiger charge is 2.27. The van der Waals surface area contributed by atoms with Crippen LogP contribution in [0.3, 0.4) is 0 Å². The normalized spacial score (nSPS) is 26.1. The van der Waals surface area contributed by atoms with Gasteiger partial charge in [-0.25, -0.2) is 0 Å². The number of likely N-dealkylation sites (tertiary alicyclic amines) is 1. The van der Waals surface area contributed by atoms with Gasteiger partial charge in [-0.3, -0.25) is 14.6 Å². The number of aromatic nitrogens is 2. The lowest BCUT2D eigenvalue weighted by Crippen LogP contribution is -2.50. The lowest BCUT2D eigenvalue weighted by atomic mass is 10.1. The third-order valence-corrected chi connectivity index (χ3v) is 5.08. The summed E-state index contributed by atoms with van der Waals surface area (Å²) in [5, 5.41) is 7.84. The molecule has 1 aromatic heterocycles. The number of morpholine rings is 1. The number of ether oxygens (including phenoxy) is 1. The number of rotatable bonds is 4. The molecule has 3 rings (SSSR count). The van der Waals surface area contributed by atoms with Crippen molar-refractivity contribution in [3.05, 3.63) is 18.0 Å². The van der Waals surface area contributed by atoms with Crippen molar-refractivity contribution in [2.45, 2.75) is 31.9 Å². The van der Waals surface area contributed by atoms with E-state index in [1.807, 2.05) is 31.2 Å². The fraction of sp³-hybridized carbons (Fsp3) is 0.765. The van der Waals surface area contributed by atoms with Crippen molar-refractivity contribution in [1.29, 1.82) is 0 Å². The van der Waals surface area contributed by atoms with Gasteiger partial charge in [0.25, 0.3) is 0 Å². The molecule has 2 aliphatic heterocycles. The van der Waals surface area contributed by atoms with Crippen LogP contribution in [-0.4, -0.2) is 78.0 Å². The van der Waals surface area contributed by atoms with Crippen molar-refractivity contribution in [3.63, 3.8) is 0 Å². The summed E-state index contributed by atoms with van der Waals surface area (Å²) in [6.45, 7) is 7.97. The Morgan fingerprint density at radius 1 is 1.46 bits per heavy atom. The largest absolute Gasteiger partial charge is 0.370 e. The fourth-order valence-corrected chi connectivity index (χ4v) is 3.73. The Hall–Kier alpha value is -1.60. The highest BCUT2D eigenvalue weighted by molar-refractivity contribution is 5.80. The molecule has 7 nitrogen and oxygen atoms in total. The van der Waals surface area contributed by atoms with Crippen LogP contribution in [0.4, 0.5) is 0 Å². The van der Waals surface area contributed by atoms with Gasteiger partial charge >= 0.3 is 0 Å². The van der Waals surface area contributed by atoms with E-state index in [1.165, 1.54) is 19.4 Å². The molecule has 2 saturated heterocycles. The molecule has 0 bridgehead atoms. The van der Waals surface area contributed by atoms with E-state index in [-0.39, 0.29) is 6.10 Å². The Bertz CT molecular complexity index is 557. The van der Waals surface area contributed by atoms with Gasteiger partial charge in [0.05, 0.1) is 19.3 Å². The number of nitrogens with one attached hydrogen (secondary N) is 1. The van der Waals surface area contributed by atoms with Gasteiger partial charge in [0.1, 0.15) is 6.10 Å². The first kappa shape index (κ1) is 17.2. The van der Waals surface area contributed by atoms with Gasteiger partial charge in [0.2, 0.25) is 0 Å². The van der Waals surface area contributed by atoms with Crippen LogP contribution in [0.5, 0.6) is 0 Å². The molecule has 7 heteroatoms. The van der Waals surface area contributed by atoms with Crippen LogP contribution in [0.2, 0.25) is 0 Å². The number of nitrogens with zero attached hydrogens (tertiary/aromatic N) is 5. The molecule has 0 saturated carbocycles. The molecule has 2 unspecified atom stereocenters. The number of hydrogen-bond donors (Lipinski definition) is 1. The van der Waals surface area contributed by atoms with Crippen molar-refractivity contribution in [3.8, 4) is 0 Å². The van der Waals surface area contributed by atoms with E-state index in [9.17, 15) is 0 Å². The molecular formula is C17H30N6O. The van der Waals surface area contributed by atoms with Gasteiger partial charge in [-0.1, -0.05) is 6.92 Å². The number of hydrogen-bond acceptors (Lipinski definition) is 4. The summed E-state index contributed by atoms with van der Waals surface area (Å²) in [4.78, 5) is 9.35. The second-order valence-electron chi connectivity index (χ2n) is 6.61. The maximum absolute atomic E-state index is 5.93. The van der Waals surface area contributed by atoms with Crippen molar-refractivity contribution in [2.75, 3.05) is 46.4 Å². The number of aliphatic imine (C=N–C) groups is 1. The van der Waals surface area contributed by atoms with Crippen LogP contribution in [0, 0.1) is 0 Å². The fourth-order valence-electron chi connectivity index (χ4n) is 3.73. The lowest BCUT2D eigenvalue weighted by Gasteiger charge is -2.35. The van der Waals surface area contributed by atoms with Crippen LogP contribution >= 0.6 is 0 Å². The summed E-state index contributed by atoms with van der Waals surface area (Å²) in [6, 6.07) is 0.627.